The zero-order valence-electron chi connectivity index (χ0n) is 4.61. The highest BCUT2D eigenvalue weighted by Crippen LogP contribution is 1.95. The molecule has 1 aliphatic rings. The number of hydrogen-bond acceptors (Lipinski definition) is 2. The van der Waals surface area contributed by atoms with Crippen molar-refractivity contribution in [1.82, 2.24) is 5.32 Å². The van der Waals surface area contributed by atoms with Gasteiger partial charge in [0.25, 0.3) is 0 Å². The van der Waals surface area contributed by atoms with Crippen molar-refractivity contribution >= 4 is 0 Å². The molecule has 0 radical (unpaired) electrons. The molecule has 1 N–H and O–H groups in total. The van der Waals surface area contributed by atoms with E-state index in [1.54, 1.807) is 0 Å². The summed E-state index contributed by atoms with van der Waals surface area (Å²) < 4.78 is 5.22. The molecule has 0 saturated carbocycles. The lowest BCUT2D eigenvalue weighted by Gasteiger charge is -2.26. The van der Waals surface area contributed by atoms with Gasteiger partial charge in [-0.1, -0.05) is 0 Å². The van der Waals surface area contributed by atoms with Gasteiger partial charge in [-0.15, -0.1) is 0 Å². The van der Waals surface area contributed by atoms with Gasteiger partial charge in [0.15, 0.2) is 0 Å². The number of rotatable bonds is 2. The van der Waals surface area contributed by atoms with Crippen LogP contribution in [0, 0.1) is 0 Å². The second kappa shape index (κ2) is 2.28. The first-order valence-electron chi connectivity index (χ1n) is 2.76. The fourth-order valence-corrected chi connectivity index (χ4v) is 0.616. The Kier molecular flexibility index (Phi) is 1.65. The third-order valence-corrected chi connectivity index (χ3v) is 1.15. The maximum Gasteiger partial charge on any atom is 0.0823 e. The molecule has 1 saturated heterocycles. The van der Waals surface area contributed by atoms with E-state index in [4.69, 9.17) is 4.74 Å². The third-order valence-electron chi connectivity index (χ3n) is 1.15. The van der Waals surface area contributed by atoms with Crippen molar-refractivity contribution in [2.75, 3.05) is 19.7 Å². The third kappa shape index (κ3) is 1.14. The highest BCUT2D eigenvalue weighted by molar-refractivity contribution is 4.74. The Morgan fingerprint density at radius 2 is 2.43 bits per heavy atom. The quantitative estimate of drug-likeness (QED) is 0.528. The van der Waals surface area contributed by atoms with Crippen LogP contribution in [0.25, 0.3) is 0 Å². The van der Waals surface area contributed by atoms with E-state index in [1.807, 2.05) is 6.92 Å². The summed E-state index contributed by atoms with van der Waals surface area (Å²) in [6, 6.07) is 0. The van der Waals surface area contributed by atoms with Gasteiger partial charge in [-0.05, 0) is 6.92 Å². The second-order valence-corrected chi connectivity index (χ2v) is 1.74. The Labute approximate surface area is 43.9 Å². The van der Waals surface area contributed by atoms with Gasteiger partial charge in [0.05, 0.1) is 6.10 Å². The molecule has 2 heteroatoms. The van der Waals surface area contributed by atoms with Crippen molar-refractivity contribution < 1.29 is 4.74 Å². The zero-order valence-corrected chi connectivity index (χ0v) is 4.61. The summed E-state index contributed by atoms with van der Waals surface area (Å²) in [7, 11) is 0. The molecule has 1 fully saturated rings. The summed E-state index contributed by atoms with van der Waals surface area (Å²) in [4.78, 5) is 0. The standard InChI is InChI=1S/C5H11NO/c1-2-7-5-3-6-4-5/h5-6H,2-4H2,1H3. The maximum absolute atomic E-state index is 5.22. The molecule has 42 valence electrons. The largest absolute Gasteiger partial charge is 0.376 e. The Balaban J connectivity index is 1.93. The fourth-order valence-electron chi connectivity index (χ4n) is 0.616. The van der Waals surface area contributed by atoms with E-state index in [1.165, 1.54) is 0 Å². The van der Waals surface area contributed by atoms with Crippen LogP contribution in [0.5, 0.6) is 0 Å². The SMILES string of the molecule is CCOC1CNC1. The van der Waals surface area contributed by atoms with Gasteiger partial charge in [-0.25, -0.2) is 0 Å². The van der Waals surface area contributed by atoms with Crippen molar-refractivity contribution in [3.05, 3.63) is 0 Å². The number of nitrogens with one attached hydrogen (secondary N) is 1. The highest BCUT2D eigenvalue weighted by atomic mass is 16.5. The number of hydrogen-bond donors (Lipinski definition) is 1. The van der Waals surface area contributed by atoms with Crippen molar-refractivity contribution in [1.29, 1.82) is 0 Å². The molecular formula is C5H11NO. The predicted molar refractivity (Wildman–Crippen MR) is 28.3 cm³/mol. The van der Waals surface area contributed by atoms with Crippen LogP contribution >= 0.6 is 0 Å². The van der Waals surface area contributed by atoms with E-state index in [0.29, 0.717) is 6.10 Å². The van der Waals surface area contributed by atoms with E-state index < -0.39 is 0 Å². The summed E-state index contributed by atoms with van der Waals surface area (Å²) in [5.41, 5.74) is 0. The molecule has 0 atom stereocenters. The van der Waals surface area contributed by atoms with Crippen molar-refractivity contribution in [2.24, 2.45) is 0 Å². The Hall–Kier alpha value is -0.0800. The molecule has 2 nitrogen and oxygen atoms in total. The molecule has 1 rings (SSSR count). The Morgan fingerprint density at radius 3 is 2.57 bits per heavy atom. The molecule has 0 spiro atoms. The van der Waals surface area contributed by atoms with Gasteiger partial charge >= 0.3 is 0 Å². The van der Waals surface area contributed by atoms with Crippen LogP contribution < -0.4 is 5.32 Å². The minimum absolute atomic E-state index is 0.519. The lowest BCUT2D eigenvalue weighted by Crippen LogP contribution is -2.48. The normalized spacial score (nSPS) is 21.9. The van der Waals surface area contributed by atoms with Crippen LogP contribution in [-0.4, -0.2) is 25.8 Å². The minimum atomic E-state index is 0.519. The summed E-state index contributed by atoms with van der Waals surface area (Å²) in [5, 5.41) is 3.12. The fraction of sp³-hybridized carbons (Fsp3) is 1.00. The van der Waals surface area contributed by atoms with Crippen LogP contribution in [-0.2, 0) is 4.74 Å². The maximum atomic E-state index is 5.22. The van der Waals surface area contributed by atoms with Crippen LogP contribution in [0.1, 0.15) is 6.92 Å². The van der Waals surface area contributed by atoms with Crippen LogP contribution in [0.2, 0.25) is 0 Å². The molecule has 0 aliphatic carbocycles. The zero-order chi connectivity index (χ0) is 5.11. The van der Waals surface area contributed by atoms with Crippen molar-refractivity contribution in [3.63, 3.8) is 0 Å². The first kappa shape index (κ1) is 5.06. The first-order valence-corrected chi connectivity index (χ1v) is 2.76. The molecule has 0 aromatic heterocycles. The summed E-state index contributed by atoms with van der Waals surface area (Å²) in [5.74, 6) is 0. The molecular weight excluding hydrogens is 90.1 g/mol. The predicted octanol–water partition coefficient (Wildman–Crippen LogP) is -0.00530. The van der Waals surface area contributed by atoms with Crippen LogP contribution in [0.3, 0.4) is 0 Å². The van der Waals surface area contributed by atoms with E-state index in [9.17, 15) is 0 Å². The molecule has 1 heterocycles. The van der Waals surface area contributed by atoms with Gasteiger partial charge in [0, 0.05) is 19.7 Å². The van der Waals surface area contributed by atoms with Crippen LogP contribution in [0.15, 0.2) is 0 Å². The molecule has 0 aromatic rings. The lowest BCUT2D eigenvalue weighted by molar-refractivity contribution is 0.0270. The molecule has 1 aliphatic heterocycles. The second-order valence-electron chi connectivity index (χ2n) is 1.74. The van der Waals surface area contributed by atoms with Gasteiger partial charge in [0.2, 0.25) is 0 Å². The monoisotopic (exact) mass is 101 g/mol. The highest BCUT2D eigenvalue weighted by Gasteiger charge is 2.14. The van der Waals surface area contributed by atoms with Gasteiger partial charge in [-0.2, -0.15) is 0 Å². The molecule has 0 aromatic carbocycles. The Morgan fingerprint density at radius 1 is 1.71 bits per heavy atom. The van der Waals surface area contributed by atoms with E-state index in [0.717, 1.165) is 19.7 Å². The Bertz CT molecular complexity index is 52.0. The van der Waals surface area contributed by atoms with Gasteiger partial charge < -0.3 is 10.1 Å². The molecule has 0 amide bonds. The van der Waals surface area contributed by atoms with E-state index in [2.05, 4.69) is 5.32 Å². The van der Waals surface area contributed by atoms with E-state index >= 15 is 0 Å². The van der Waals surface area contributed by atoms with Crippen LogP contribution in [0.4, 0.5) is 0 Å². The van der Waals surface area contributed by atoms with Crippen molar-refractivity contribution in [3.8, 4) is 0 Å². The first-order chi connectivity index (χ1) is 3.43. The molecule has 7 heavy (non-hydrogen) atoms. The van der Waals surface area contributed by atoms with Crippen molar-refractivity contribution in [2.45, 2.75) is 13.0 Å². The minimum Gasteiger partial charge on any atom is -0.376 e. The summed E-state index contributed by atoms with van der Waals surface area (Å²) in [6.07, 6.45) is 0.519. The summed E-state index contributed by atoms with van der Waals surface area (Å²) >= 11 is 0. The number of ether oxygens (including phenoxy) is 1. The smallest absolute Gasteiger partial charge is 0.0823 e. The topological polar surface area (TPSA) is 21.3 Å². The average molecular weight is 101 g/mol. The molecule has 0 unspecified atom stereocenters. The lowest BCUT2D eigenvalue weighted by atomic mass is 10.2. The average Bonchev–Trinajstić information content (AvgIpc) is 1.55. The molecule has 0 bridgehead atoms. The summed E-state index contributed by atoms with van der Waals surface area (Å²) in [6.45, 7) is 4.98. The van der Waals surface area contributed by atoms with E-state index in [-0.39, 0.29) is 0 Å². The van der Waals surface area contributed by atoms with Gasteiger partial charge in [-0.3, -0.25) is 0 Å². The van der Waals surface area contributed by atoms with Gasteiger partial charge in [0.1, 0.15) is 0 Å².